The van der Waals surface area contributed by atoms with Crippen molar-refractivity contribution in [2.75, 3.05) is 5.32 Å². The highest BCUT2D eigenvalue weighted by Gasteiger charge is 2.15. The van der Waals surface area contributed by atoms with Gasteiger partial charge in [0.15, 0.2) is 0 Å². The Labute approximate surface area is 112 Å². The Hall–Kier alpha value is -1.95. The van der Waals surface area contributed by atoms with E-state index < -0.39 is 11.0 Å². The van der Waals surface area contributed by atoms with Crippen LogP contribution in [-0.2, 0) is 4.79 Å². The molecule has 1 aromatic carbocycles. The van der Waals surface area contributed by atoms with Crippen LogP contribution in [0.4, 0.5) is 11.4 Å². The van der Waals surface area contributed by atoms with Gasteiger partial charge in [-0.25, -0.2) is 0 Å². The molecule has 1 atom stereocenters. The largest absolute Gasteiger partial charge is 0.324 e. The number of aryl methyl sites for hydroxylation is 1. The number of hydrogen-bond donors (Lipinski definition) is 2. The molecule has 1 aromatic rings. The van der Waals surface area contributed by atoms with Crippen LogP contribution < -0.4 is 11.1 Å². The maximum absolute atomic E-state index is 11.8. The number of rotatable bonds is 6. The molecule has 1 rings (SSSR count). The lowest BCUT2D eigenvalue weighted by Crippen LogP contribution is -2.35. The molecule has 0 aliphatic carbocycles. The van der Waals surface area contributed by atoms with Gasteiger partial charge in [-0.2, -0.15) is 0 Å². The first-order valence-corrected chi connectivity index (χ1v) is 6.27. The molecule has 0 spiro atoms. The van der Waals surface area contributed by atoms with Crippen LogP contribution in [0.2, 0.25) is 0 Å². The van der Waals surface area contributed by atoms with E-state index in [0.717, 1.165) is 18.4 Å². The molecule has 19 heavy (non-hydrogen) atoms. The van der Waals surface area contributed by atoms with Gasteiger partial charge < -0.3 is 11.1 Å². The maximum Gasteiger partial charge on any atom is 0.271 e. The molecule has 0 aromatic heterocycles. The molecule has 6 nitrogen and oxygen atoms in total. The van der Waals surface area contributed by atoms with E-state index in [2.05, 4.69) is 5.32 Å². The Morgan fingerprint density at radius 2 is 2.21 bits per heavy atom. The second kappa shape index (κ2) is 6.84. The number of nitrogens with one attached hydrogen (secondary N) is 1. The minimum Gasteiger partial charge on any atom is -0.324 e. The van der Waals surface area contributed by atoms with E-state index in [1.807, 2.05) is 6.92 Å². The number of nitro benzene ring substituents is 1. The third-order valence-electron chi connectivity index (χ3n) is 2.90. The summed E-state index contributed by atoms with van der Waals surface area (Å²) in [5.41, 5.74) is 6.90. The molecule has 0 fully saturated rings. The first kappa shape index (κ1) is 15.1. The molecule has 0 heterocycles. The topological polar surface area (TPSA) is 98.3 Å². The Balaban J connectivity index is 2.78. The molecule has 0 bridgehead atoms. The zero-order valence-electron chi connectivity index (χ0n) is 11.2. The van der Waals surface area contributed by atoms with E-state index in [-0.39, 0.29) is 11.6 Å². The fourth-order valence-electron chi connectivity index (χ4n) is 1.64. The Morgan fingerprint density at radius 3 is 2.79 bits per heavy atom. The van der Waals surface area contributed by atoms with Gasteiger partial charge in [-0.3, -0.25) is 14.9 Å². The monoisotopic (exact) mass is 265 g/mol. The van der Waals surface area contributed by atoms with Crippen molar-refractivity contribution in [2.45, 2.75) is 39.2 Å². The van der Waals surface area contributed by atoms with E-state index >= 15 is 0 Å². The van der Waals surface area contributed by atoms with E-state index in [1.54, 1.807) is 13.0 Å². The number of unbranched alkanes of at least 4 members (excludes halogenated alkanes) is 1. The zero-order valence-corrected chi connectivity index (χ0v) is 11.2. The Kier molecular flexibility index (Phi) is 5.44. The van der Waals surface area contributed by atoms with Gasteiger partial charge in [0.1, 0.15) is 0 Å². The lowest BCUT2D eigenvalue weighted by atomic mass is 10.1. The SMILES string of the molecule is CCCC[C@H](N)C(=O)Nc1cc([N+](=O)[O-])ccc1C. The van der Waals surface area contributed by atoms with Gasteiger partial charge in [0.05, 0.1) is 16.7 Å². The summed E-state index contributed by atoms with van der Waals surface area (Å²) in [6, 6.07) is 3.77. The normalized spacial score (nSPS) is 11.9. The molecule has 0 radical (unpaired) electrons. The second-order valence-corrected chi connectivity index (χ2v) is 4.49. The molecule has 0 saturated heterocycles. The van der Waals surface area contributed by atoms with Crippen molar-refractivity contribution < 1.29 is 9.72 Å². The molecule has 6 heteroatoms. The highest BCUT2D eigenvalue weighted by atomic mass is 16.6. The standard InChI is InChI=1S/C13H19N3O3/c1-3-4-5-11(14)13(17)15-12-8-10(16(18)19)7-6-9(12)2/h6-8,11H,3-5,14H2,1-2H3,(H,15,17)/t11-/m0/s1. The third kappa shape index (κ3) is 4.33. The summed E-state index contributed by atoms with van der Waals surface area (Å²) in [7, 11) is 0. The summed E-state index contributed by atoms with van der Waals surface area (Å²) >= 11 is 0. The molecule has 0 unspecified atom stereocenters. The van der Waals surface area contributed by atoms with Crippen LogP contribution in [0.5, 0.6) is 0 Å². The molecular weight excluding hydrogens is 246 g/mol. The van der Waals surface area contributed by atoms with Gasteiger partial charge in [0.2, 0.25) is 5.91 Å². The van der Waals surface area contributed by atoms with Crippen molar-refractivity contribution in [3.05, 3.63) is 33.9 Å². The van der Waals surface area contributed by atoms with E-state index in [1.165, 1.54) is 12.1 Å². The summed E-state index contributed by atoms with van der Waals surface area (Å²) < 4.78 is 0. The smallest absolute Gasteiger partial charge is 0.271 e. The quantitative estimate of drug-likeness (QED) is 0.609. The number of anilines is 1. The number of amides is 1. The lowest BCUT2D eigenvalue weighted by Gasteiger charge is -2.13. The minimum atomic E-state index is -0.585. The zero-order chi connectivity index (χ0) is 14.4. The van der Waals surface area contributed by atoms with Crippen molar-refractivity contribution in [1.29, 1.82) is 0 Å². The fraction of sp³-hybridized carbons (Fsp3) is 0.462. The van der Waals surface area contributed by atoms with Crippen LogP contribution in [0.25, 0.3) is 0 Å². The predicted molar refractivity (Wildman–Crippen MR) is 74.0 cm³/mol. The molecule has 1 amide bonds. The van der Waals surface area contributed by atoms with E-state index in [0.29, 0.717) is 12.1 Å². The lowest BCUT2D eigenvalue weighted by molar-refractivity contribution is -0.384. The fourth-order valence-corrected chi connectivity index (χ4v) is 1.64. The van der Waals surface area contributed by atoms with Crippen molar-refractivity contribution in [1.82, 2.24) is 0 Å². The van der Waals surface area contributed by atoms with E-state index in [4.69, 9.17) is 5.73 Å². The Morgan fingerprint density at radius 1 is 1.53 bits per heavy atom. The number of hydrogen-bond acceptors (Lipinski definition) is 4. The maximum atomic E-state index is 11.8. The van der Waals surface area contributed by atoms with Crippen LogP contribution >= 0.6 is 0 Å². The van der Waals surface area contributed by atoms with Crippen molar-refractivity contribution in [3.63, 3.8) is 0 Å². The summed E-state index contributed by atoms with van der Waals surface area (Å²) in [4.78, 5) is 22.0. The van der Waals surface area contributed by atoms with Gasteiger partial charge in [-0.05, 0) is 18.9 Å². The average Bonchev–Trinajstić information content (AvgIpc) is 2.38. The van der Waals surface area contributed by atoms with E-state index in [9.17, 15) is 14.9 Å². The number of non-ortho nitro benzene ring substituents is 1. The van der Waals surface area contributed by atoms with Gasteiger partial charge in [-0.1, -0.05) is 25.8 Å². The third-order valence-corrected chi connectivity index (χ3v) is 2.90. The Bertz CT molecular complexity index is 474. The second-order valence-electron chi connectivity index (χ2n) is 4.49. The number of benzene rings is 1. The molecule has 0 aliphatic heterocycles. The first-order chi connectivity index (χ1) is 8.95. The van der Waals surface area contributed by atoms with Crippen molar-refractivity contribution >= 4 is 17.3 Å². The molecule has 0 aliphatic rings. The van der Waals surface area contributed by atoms with Crippen molar-refractivity contribution in [2.24, 2.45) is 5.73 Å². The highest BCUT2D eigenvalue weighted by Crippen LogP contribution is 2.22. The first-order valence-electron chi connectivity index (χ1n) is 6.27. The number of nitrogens with zero attached hydrogens (tertiary/aromatic N) is 1. The van der Waals surface area contributed by atoms with Crippen LogP contribution in [0.3, 0.4) is 0 Å². The minimum absolute atomic E-state index is 0.0528. The number of carbonyl (C=O) groups excluding carboxylic acids is 1. The molecule has 104 valence electrons. The number of carbonyl (C=O) groups is 1. The summed E-state index contributed by atoms with van der Waals surface area (Å²) in [6.07, 6.45) is 2.45. The summed E-state index contributed by atoms with van der Waals surface area (Å²) in [5, 5.41) is 13.3. The summed E-state index contributed by atoms with van der Waals surface area (Å²) in [6.45, 7) is 3.80. The predicted octanol–water partition coefficient (Wildman–Crippen LogP) is 2.36. The van der Waals surface area contributed by atoms with Crippen molar-refractivity contribution in [3.8, 4) is 0 Å². The highest BCUT2D eigenvalue weighted by molar-refractivity contribution is 5.95. The average molecular weight is 265 g/mol. The van der Waals surface area contributed by atoms with Gasteiger partial charge in [0, 0.05) is 12.1 Å². The molecule has 0 saturated carbocycles. The molecule has 3 N–H and O–H groups in total. The van der Waals surface area contributed by atoms with Gasteiger partial charge in [0.25, 0.3) is 5.69 Å². The number of nitro groups is 1. The summed E-state index contributed by atoms with van der Waals surface area (Å²) in [5.74, 6) is -0.308. The van der Waals surface area contributed by atoms with Gasteiger partial charge >= 0.3 is 0 Å². The van der Waals surface area contributed by atoms with Crippen LogP contribution in [0.1, 0.15) is 31.7 Å². The van der Waals surface area contributed by atoms with Crippen LogP contribution in [0, 0.1) is 17.0 Å². The van der Waals surface area contributed by atoms with Crippen LogP contribution in [0.15, 0.2) is 18.2 Å². The number of nitrogens with two attached hydrogens (primary N) is 1. The molecular formula is C13H19N3O3. The van der Waals surface area contributed by atoms with Gasteiger partial charge in [-0.15, -0.1) is 0 Å². The van der Waals surface area contributed by atoms with Crippen LogP contribution in [-0.4, -0.2) is 16.9 Å².